The summed E-state index contributed by atoms with van der Waals surface area (Å²) in [7, 11) is 0. The highest BCUT2D eigenvalue weighted by atomic mass is 19.4. The lowest BCUT2D eigenvalue weighted by atomic mass is 9.90. The first-order valence-electron chi connectivity index (χ1n) is 29.0. The van der Waals surface area contributed by atoms with E-state index in [-0.39, 0.29) is 69.2 Å². The minimum atomic E-state index is -4.86. The molecule has 19 nitrogen and oxygen atoms in total. The van der Waals surface area contributed by atoms with Crippen LogP contribution in [0.1, 0.15) is 106 Å². The van der Waals surface area contributed by atoms with Gasteiger partial charge in [0, 0.05) is 73.8 Å². The van der Waals surface area contributed by atoms with Crippen LogP contribution < -0.4 is 30.7 Å². The number of β-amino-alcohol motifs (C(OH)–C–C–N with tert-alkyl or cyclic N) is 3. The number of aliphatic hydroxyl groups excluding tert-OH is 3. The summed E-state index contributed by atoms with van der Waals surface area (Å²) in [6.45, 7) is 12.1. The van der Waals surface area contributed by atoms with Gasteiger partial charge in [-0.15, -0.1) is 15.3 Å². The fourth-order valence-corrected chi connectivity index (χ4v) is 12.3. The van der Waals surface area contributed by atoms with E-state index in [9.17, 15) is 19.7 Å². The number of benzene rings is 3. The molecule has 3 fully saturated rings. The first-order chi connectivity index (χ1) is 42.4. The highest BCUT2D eigenvalue weighted by molar-refractivity contribution is 5.95. The molecular formula is C63H60F7N15O4. The van der Waals surface area contributed by atoms with E-state index < -0.39 is 65.7 Å². The first kappa shape index (κ1) is 58.9. The van der Waals surface area contributed by atoms with Crippen molar-refractivity contribution >= 4 is 78.2 Å². The Morgan fingerprint density at radius 1 is 0.562 bits per heavy atom. The molecule has 0 unspecified atom stereocenters. The molecule has 3 atom stereocenters. The van der Waals surface area contributed by atoms with E-state index in [1.165, 1.54) is 13.0 Å². The topological polar surface area (TPSA) is 236 Å². The molecule has 3 aromatic carbocycles. The van der Waals surface area contributed by atoms with Gasteiger partial charge in [-0.1, -0.05) is 30.3 Å². The van der Waals surface area contributed by atoms with Gasteiger partial charge in [-0.3, -0.25) is 15.0 Å². The van der Waals surface area contributed by atoms with E-state index in [0.717, 1.165) is 18.0 Å². The van der Waals surface area contributed by atoms with Crippen LogP contribution in [0.2, 0.25) is 0 Å². The van der Waals surface area contributed by atoms with Gasteiger partial charge in [0.15, 0.2) is 23.3 Å². The van der Waals surface area contributed by atoms with Crippen LogP contribution in [0.3, 0.4) is 0 Å². The molecule has 3 aliphatic rings. The van der Waals surface area contributed by atoms with Gasteiger partial charge < -0.3 is 50.4 Å². The number of anilines is 6. The van der Waals surface area contributed by atoms with Crippen LogP contribution in [0.25, 0.3) is 43.7 Å². The van der Waals surface area contributed by atoms with Crippen molar-refractivity contribution in [2.45, 2.75) is 103 Å². The van der Waals surface area contributed by atoms with Crippen molar-refractivity contribution in [2.75, 3.05) is 69.9 Å². The second-order valence-electron chi connectivity index (χ2n) is 23.5. The highest BCUT2D eigenvalue weighted by Crippen LogP contribution is 2.43. The number of fused-ring (bicyclic) bond motifs is 4. The third kappa shape index (κ3) is 11.1. The van der Waals surface area contributed by atoms with Crippen molar-refractivity contribution in [3.8, 4) is 0 Å². The maximum Gasteiger partial charge on any atom is 0.416 e. The smallest absolute Gasteiger partial charge is 0.416 e. The molecule has 10 aromatic rings. The number of para-hydroxylation sites is 1. The zero-order valence-electron chi connectivity index (χ0n) is 49.0. The summed E-state index contributed by atoms with van der Waals surface area (Å²) in [4.78, 5) is 19.8. The second kappa shape index (κ2) is 22.5. The Hall–Kier alpha value is -9.14. The molecule has 10 heterocycles. The number of aryl methyl sites for hydroxylation is 2. The molecule has 460 valence electrons. The predicted molar refractivity (Wildman–Crippen MR) is 322 cm³/mol. The Labute approximate surface area is 504 Å². The van der Waals surface area contributed by atoms with Crippen LogP contribution >= 0.6 is 0 Å². The third-order valence-electron chi connectivity index (χ3n) is 17.3. The fraction of sp³-hybridized carbons (Fsp3) is 0.349. The van der Waals surface area contributed by atoms with Crippen molar-refractivity contribution < 1.29 is 50.5 Å². The van der Waals surface area contributed by atoms with E-state index in [0.29, 0.717) is 111 Å². The van der Waals surface area contributed by atoms with Gasteiger partial charge in [0.05, 0.1) is 122 Å². The lowest BCUT2D eigenvalue weighted by Crippen LogP contribution is -2.50. The summed E-state index contributed by atoms with van der Waals surface area (Å²) in [5, 5.41) is 68.4. The molecule has 0 bridgehead atoms. The number of hydrogen-bond donors (Lipinski definition) is 6. The summed E-state index contributed by atoms with van der Waals surface area (Å²) in [5.74, 6) is 0.182. The Balaban J connectivity index is 0.803. The number of nitrogens with one attached hydrogen (secondary N) is 3. The van der Waals surface area contributed by atoms with Gasteiger partial charge in [0.25, 0.3) is 0 Å². The maximum absolute atomic E-state index is 15.6. The Kier molecular flexibility index (Phi) is 14.9. The van der Waals surface area contributed by atoms with Crippen molar-refractivity contribution in [1.29, 1.82) is 0 Å². The van der Waals surface area contributed by atoms with Gasteiger partial charge in [0.1, 0.15) is 11.8 Å². The largest absolute Gasteiger partial charge is 0.461 e. The van der Waals surface area contributed by atoms with Crippen LogP contribution in [-0.4, -0.2) is 118 Å². The number of aromatic nitrogens is 9. The summed E-state index contributed by atoms with van der Waals surface area (Å²) in [6.07, 6.45) is -6.10. The lowest BCUT2D eigenvalue weighted by molar-refractivity contribution is -0.139. The molecule has 26 heteroatoms. The molecule has 0 saturated carbocycles. The van der Waals surface area contributed by atoms with Crippen LogP contribution in [-0.2, 0) is 25.2 Å². The first-order valence-corrected chi connectivity index (χ1v) is 29.0. The SMILES string of the molecule is Cc1cc([C@@H](C)Nc2nnc(C)c3ncc(N4CC(O)C4)cc23)cc(C(F)(F)F)c1Cc1nnc(N[C@H](C)c2ccc(Cc3nnc(N[C@H](C)c4cccc5c(F)coc45)c4cc(N5CC(O)C5)cnc34)c(C(F)(F)F)c2C)c2cc(N3CC(O)C3)cnc12. The second-order valence-corrected chi connectivity index (χ2v) is 23.5. The molecule has 89 heavy (non-hydrogen) atoms. The minimum Gasteiger partial charge on any atom is -0.461 e. The summed E-state index contributed by atoms with van der Waals surface area (Å²) in [6, 6.07) is 14.2. The van der Waals surface area contributed by atoms with E-state index in [4.69, 9.17) is 14.4 Å². The molecule has 3 saturated heterocycles. The quantitative estimate of drug-likeness (QED) is 0.0493. The Bertz CT molecular complexity index is 4420. The number of alkyl halides is 6. The zero-order chi connectivity index (χ0) is 62.5. The maximum atomic E-state index is 15.6. The van der Waals surface area contributed by atoms with Gasteiger partial charge in [-0.25, -0.2) is 4.39 Å². The van der Waals surface area contributed by atoms with Crippen LogP contribution in [0, 0.1) is 26.6 Å². The van der Waals surface area contributed by atoms with E-state index >= 15 is 26.3 Å². The summed E-state index contributed by atoms with van der Waals surface area (Å²) < 4.78 is 113. The molecule has 0 radical (unpaired) electrons. The average molecular weight is 1220 g/mol. The highest BCUT2D eigenvalue weighted by Gasteiger charge is 2.39. The average Bonchev–Trinajstić information content (AvgIpc) is 1.40. The van der Waals surface area contributed by atoms with Crippen molar-refractivity contribution in [3.63, 3.8) is 0 Å². The molecular weight excluding hydrogens is 1160 g/mol. The van der Waals surface area contributed by atoms with Gasteiger partial charge in [-0.2, -0.15) is 41.6 Å². The number of nitrogens with zero attached hydrogens (tertiary/aromatic N) is 12. The fourth-order valence-electron chi connectivity index (χ4n) is 12.3. The number of halogens is 7. The monoisotopic (exact) mass is 1220 g/mol. The number of hydrogen-bond acceptors (Lipinski definition) is 19. The molecule has 7 aromatic heterocycles. The van der Waals surface area contributed by atoms with Gasteiger partial charge >= 0.3 is 12.4 Å². The van der Waals surface area contributed by atoms with Crippen molar-refractivity contribution in [2.24, 2.45) is 0 Å². The predicted octanol–water partition coefficient (Wildman–Crippen LogP) is 10.8. The minimum absolute atomic E-state index is 0.0662. The Morgan fingerprint density at radius 2 is 1.06 bits per heavy atom. The number of rotatable bonds is 16. The molecule has 0 amide bonds. The lowest BCUT2D eigenvalue weighted by Gasteiger charge is -2.37. The van der Waals surface area contributed by atoms with Gasteiger partial charge in [-0.05, 0) is 105 Å². The molecule has 0 aliphatic carbocycles. The molecule has 6 N–H and O–H groups in total. The van der Waals surface area contributed by atoms with Gasteiger partial charge in [0.2, 0.25) is 0 Å². The van der Waals surface area contributed by atoms with E-state index in [1.54, 1.807) is 88.8 Å². The summed E-state index contributed by atoms with van der Waals surface area (Å²) in [5.41, 5.74) is 3.69. The standard InChI is InChI=1S/C63H60F7N15O4/c1-29-12-36(31(3)74-59-47-15-37(83-22-40(86)23-83)19-71-55(47)34(6)77-80-59)13-50(62(65,66)67)46(29)18-53-57-49(17-39(21-73-57)85-26-42(88)27-85)60(82-79-53)75-32(4)43-11-10-35(54(30(43)2)63(68,69)70)14-52-56-48(16-38(20-72-56)84-24-41(87)25-84)61(81-78-52)76-33(5)44-8-7-9-45-51(64)28-89-58(44)45/h7-13,15-17,19-21,28,31-33,40-42,86-88H,14,18,22-27H2,1-6H3,(H,74,80)(H,75,82)(H,76,81)/t31-,32-,33-/m1/s1. The number of aliphatic hydroxyl groups is 3. The van der Waals surface area contributed by atoms with E-state index in [2.05, 4.69) is 51.5 Å². The summed E-state index contributed by atoms with van der Waals surface area (Å²) >= 11 is 0. The van der Waals surface area contributed by atoms with Crippen molar-refractivity contribution in [1.82, 2.24) is 45.5 Å². The van der Waals surface area contributed by atoms with E-state index in [1.807, 2.05) is 27.7 Å². The van der Waals surface area contributed by atoms with Crippen molar-refractivity contribution in [3.05, 3.63) is 158 Å². The zero-order valence-corrected chi connectivity index (χ0v) is 49.0. The molecule has 3 aliphatic heterocycles. The molecule has 13 rings (SSSR count). The Morgan fingerprint density at radius 3 is 1.58 bits per heavy atom. The third-order valence-corrected chi connectivity index (χ3v) is 17.3. The van der Waals surface area contributed by atoms with Crippen LogP contribution in [0.15, 0.2) is 89.9 Å². The normalized spacial score (nSPS) is 16.2. The number of furan rings is 1. The van der Waals surface area contributed by atoms with Crippen LogP contribution in [0.5, 0.6) is 0 Å². The van der Waals surface area contributed by atoms with Crippen LogP contribution in [0.4, 0.5) is 65.2 Å². The number of pyridine rings is 3. The molecule has 0 spiro atoms.